The fourth-order valence-electron chi connectivity index (χ4n) is 1.49. The number of thioether (sulfide) groups is 1. The molecule has 1 unspecified atom stereocenters. The van der Waals surface area contributed by atoms with Gasteiger partial charge in [-0.25, -0.2) is 13.1 Å². The van der Waals surface area contributed by atoms with Crippen LogP contribution in [0.3, 0.4) is 0 Å². The summed E-state index contributed by atoms with van der Waals surface area (Å²) >= 11 is 1.58. The zero-order chi connectivity index (χ0) is 13.6. The molecule has 1 aromatic rings. The molecule has 0 aromatic heterocycles. The van der Waals surface area contributed by atoms with E-state index >= 15 is 0 Å². The largest absolute Gasteiger partial charge is 0.388 e. The van der Waals surface area contributed by atoms with Gasteiger partial charge in [0.2, 0.25) is 10.0 Å². The Morgan fingerprint density at radius 3 is 2.78 bits per heavy atom. The number of sulfonamides is 1. The topological polar surface area (TPSA) is 66.4 Å². The highest BCUT2D eigenvalue weighted by Gasteiger charge is 2.15. The molecule has 1 atom stereocenters. The molecule has 2 N–H and O–H groups in total. The summed E-state index contributed by atoms with van der Waals surface area (Å²) in [5.74, 6) is 0.733. The van der Waals surface area contributed by atoms with E-state index < -0.39 is 16.1 Å². The van der Waals surface area contributed by atoms with Crippen LogP contribution in [0.25, 0.3) is 0 Å². The monoisotopic (exact) mass is 289 g/mol. The van der Waals surface area contributed by atoms with E-state index in [1.54, 1.807) is 23.9 Å². The minimum atomic E-state index is -3.47. The Labute approximate surface area is 113 Å². The molecule has 1 aromatic carbocycles. The highest BCUT2D eigenvalue weighted by molar-refractivity contribution is 7.98. The number of rotatable bonds is 7. The minimum Gasteiger partial charge on any atom is -0.388 e. The summed E-state index contributed by atoms with van der Waals surface area (Å²) in [5.41, 5.74) is 0.630. The van der Waals surface area contributed by atoms with Crippen molar-refractivity contribution in [2.75, 3.05) is 18.6 Å². The van der Waals surface area contributed by atoms with Crippen LogP contribution in [0, 0.1) is 0 Å². The van der Waals surface area contributed by atoms with E-state index in [4.69, 9.17) is 0 Å². The van der Waals surface area contributed by atoms with E-state index in [-0.39, 0.29) is 4.90 Å². The minimum absolute atomic E-state index is 0.202. The number of nitrogens with one attached hydrogen (secondary N) is 1. The van der Waals surface area contributed by atoms with Gasteiger partial charge in [0.05, 0.1) is 11.0 Å². The van der Waals surface area contributed by atoms with Crippen molar-refractivity contribution in [2.24, 2.45) is 0 Å². The van der Waals surface area contributed by atoms with E-state index in [0.717, 1.165) is 5.75 Å². The van der Waals surface area contributed by atoms with Crippen LogP contribution < -0.4 is 4.72 Å². The van der Waals surface area contributed by atoms with Gasteiger partial charge in [0.25, 0.3) is 0 Å². The van der Waals surface area contributed by atoms with Crippen molar-refractivity contribution in [1.82, 2.24) is 4.72 Å². The Balaban J connectivity index is 2.88. The average molecular weight is 289 g/mol. The first-order chi connectivity index (χ1) is 8.51. The van der Waals surface area contributed by atoms with Crippen LogP contribution in [0.5, 0.6) is 0 Å². The molecule has 0 fully saturated rings. The normalized spacial score (nSPS) is 13.5. The summed E-state index contributed by atoms with van der Waals surface area (Å²) in [6.07, 6.45) is 1.86. The van der Waals surface area contributed by atoms with Crippen LogP contribution in [0.15, 0.2) is 29.2 Å². The van der Waals surface area contributed by atoms with Crippen molar-refractivity contribution in [1.29, 1.82) is 0 Å². The molecule has 102 valence electrons. The van der Waals surface area contributed by atoms with Gasteiger partial charge in [-0.1, -0.05) is 19.1 Å². The van der Waals surface area contributed by atoms with Crippen molar-refractivity contribution in [2.45, 2.75) is 24.3 Å². The first kappa shape index (κ1) is 15.5. The lowest BCUT2D eigenvalue weighted by molar-refractivity contribution is 0.173. The molecule has 0 heterocycles. The summed E-state index contributed by atoms with van der Waals surface area (Å²) < 4.78 is 26.5. The van der Waals surface area contributed by atoms with E-state index in [0.29, 0.717) is 18.5 Å². The fourth-order valence-corrected chi connectivity index (χ4v) is 3.01. The summed E-state index contributed by atoms with van der Waals surface area (Å²) in [6, 6.07) is 6.44. The number of hydrogen-bond donors (Lipinski definition) is 2. The molecule has 0 spiro atoms. The summed E-state index contributed by atoms with van der Waals surface area (Å²) in [7, 11) is -3.47. The first-order valence-electron chi connectivity index (χ1n) is 5.78. The predicted octanol–water partition coefficient (Wildman–Crippen LogP) is 1.77. The fraction of sp³-hybridized carbons (Fsp3) is 0.500. The Hall–Kier alpha value is -0.560. The Bertz CT molecular complexity index is 474. The molecule has 0 radical (unpaired) electrons. The molecule has 6 heteroatoms. The van der Waals surface area contributed by atoms with Gasteiger partial charge < -0.3 is 5.11 Å². The standard InChI is InChI=1S/C12H19NO3S2/c1-3-12(14)10-5-4-6-11(9-10)18(15,16)13-7-8-17-2/h4-6,9,12-14H,3,7-8H2,1-2H3. The van der Waals surface area contributed by atoms with E-state index in [2.05, 4.69) is 4.72 Å². The lowest BCUT2D eigenvalue weighted by Crippen LogP contribution is -2.26. The molecule has 0 aliphatic rings. The van der Waals surface area contributed by atoms with E-state index in [1.807, 2.05) is 13.2 Å². The predicted molar refractivity (Wildman–Crippen MR) is 75.3 cm³/mol. The zero-order valence-corrected chi connectivity index (χ0v) is 12.2. The maximum atomic E-state index is 12.0. The maximum absolute atomic E-state index is 12.0. The van der Waals surface area contributed by atoms with Crippen LogP contribution in [0.4, 0.5) is 0 Å². The zero-order valence-electron chi connectivity index (χ0n) is 10.6. The lowest BCUT2D eigenvalue weighted by atomic mass is 10.1. The van der Waals surface area contributed by atoms with Crippen molar-refractivity contribution < 1.29 is 13.5 Å². The van der Waals surface area contributed by atoms with Crippen LogP contribution in [0.2, 0.25) is 0 Å². The number of hydrogen-bond acceptors (Lipinski definition) is 4. The highest BCUT2D eigenvalue weighted by atomic mass is 32.2. The molecule has 0 aliphatic heterocycles. The van der Waals surface area contributed by atoms with Gasteiger partial charge in [-0.15, -0.1) is 0 Å². The van der Waals surface area contributed by atoms with Crippen molar-refractivity contribution in [3.8, 4) is 0 Å². The second kappa shape index (κ2) is 7.13. The molecular weight excluding hydrogens is 270 g/mol. The molecule has 0 saturated carbocycles. The molecule has 0 aliphatic carbocycles. The number of aliphatic hydroxyl groups excluding tert-OH is 1. The van der Waals surface area contributed by atoms with Gasteiger partial charge >= 0.3 is 0 Å². The van der Waals surface area contributed by atoms with Crippen molar-refractivity contribution in [3.63, 3.8) is 0 Å². The van der Waals surface area contributed by atoms with Crippen molar-refractivity contribution >= 4 is 21.8 Å². The van der Waals surface area contributed by atoms with Crippen LogP contribution >= 0.6 is 11.8 Å². The van der Waals surface area contributed by atoms with Gasteiger partial charge in [-0.3, -0.25) is 0 Å². The van der Waals surface area contributed by atoms with Gasteiger partial charge in [-0.2, -0.15) is 11.8 Å². The van der Waals surface area contributed by atoms with Gasteiger partial charge in [0, 0.05) is 12.3 Å². The third-order valence-electron chi connectivity index (χ3n) is 2.54. The Kier molecular flexibility index (Phi) is 6.14. The Morgan fingerprint density at radius 2 is 2.17 bits per heavy atom. The third-order valence-corrected chi connectivity index (χ3v) is 4.61. The van der Waals surface area contributed by atoms with Gasteiger partial charge in [0.15, 0.2) is 0 Å². The van der Waals surface area contributed by atoms with Crippen LogP contribution in [-0.2, 0) is 10.0 Å². The lowest BCUT2D eigenvalue weighted by Gasteiger charge is -2.11. The molecule has 1 rings (SSSR count). The molecule has 0 saturated heterocycles. The number of benzene rings is 1. The van der Waals surface area contributed by atoms with Crippen LogP contribution in [0.1, 0.15) is 25.0 Å². The third kappa shape index (κ3) is 4.28. The molecule has 0 amide bonds. The second-order valence-electron chi connectivity index (χ2n) is 3.89. The van der Waals surface area contributed by atoms with E-state index in [9.17, 15) is 13.5 Å². The molecule has 18 heavy (non-hydrogen) atoms. The van der Waals surface area contributed by atoms with Crippen molar-refractivity contribution in [3.05, 3.63) is 29.8 Å². The number of aliphatic hydroxyl groups is 1. The first-order valence-corrected chi connectivity index (χ1v) is 8.65. The van der Waals surface area contributed by atoms with Gasteiger partial charge in [-0.05, 0) is 30.4 Å². The quantitative estimate of drug-likeness (QED) is 0.751. The summed E-state index contributed by atoms with van der Waals surface area (Å²) in [6.45, 7) is 2.26. The smallest absolute Gasteiger partial charge is 0.240 e. The SMILES string of the molecule is CCC(O)c1cccc(S(=O)(=O)NCCSC)c1. The Morgan fingerprint density at radius 1 is 1.44 bits per heavy atom. The molecule has 0 bridgehead atoms. The van der Waals surface area contributed by atoms with Crippen LogP contribution in [-0.4, -0.2) is 32.1 Å². The van der Waals surface area contributed by atoms with Gasteiger partial charge in [0.1, 0.15) is 0 Å². The highest BCUT2D eigenvalue weighted by Crippen LogP contribution is 2.19. The average Bonchev–Trinajstić information content (AvgIpc) is 2.38. The molecule has 4 nitrogen and oxygen atoms in total. The van der Waals surface area contributed by atoms with E-state index in [1.165, 1.54) is 12.1 Å². The second-order valence-corrected chi connectivity index (χ2v) is 6.64. The maximum Gasteiger partial charge on any atom is 0.240 e. The summed E-state index contributed by atoms with van der Waals surface area (Å²) in [4.78, 5) is 0.202. The molecular formula is C12H19NO3S2. The summed E-state index contributed by atoms with van der Waals surface area (Å²) in [5, 5.41) is 9.72.